The minimum absolute atomic E-state index is 0.0324. The van der Waals surface area contributed by atoms with Crippen molar-refractivity contribution in [2.24, 2.45) is 0 Å². The fourth-order valence-corrected chi connectivity index (χ4v) is 5.18. The van der Waals surface area contributed by atoms with E-state index in [9.17, 15) is 4.79 Å². The van der Waals surface area contributed by atoms with Gasteiger partial charge < -0.3 is 10.1 Å². The van der Waals surface area contributed by atoms with Crippen LogP contribution in [0.25, 0.3) is 0 Å². The van der Waals surface area contributed by atoms with E-state index in [0.717, 1.165) is 18.8 Å². The van der Waals surface area contributed by atoms with Gasteiger partial charge in [-0.15, -0.1) is 11.3 Å². The van der Waals surface area contributed by atoms with Crippen LogP contribution >= 0.6 is 23.1 Å². The lowest BCUT2D eigenvalue weighted by Crippen LogP contribution is -2.68. The number of carbonyl (C=O) groups excluding carboxylic acids is 1. The highest BCUT2D eigenvalue weighted by Gasteiger charge is 2.51. The van der Waals surface area contributed by atoms with E-state index in [-0.39, 0.29) is 11.4 Å². The molecule has 3 heterocycles. The number of ether oxygens (including phenoxy) is 1. The topological polar surface area (TPSA) is 66.5 Å². The van der Waals surface area contributed by atoms with Crippen molar-refractivity contribution in [1.29, 1.82) is 0 Å². The molecular formula is C13H20N4O2S2. The zero-order valence-corrected chi connectivity index (χ0v) is 13.9. The third kappa shape index (κ3) is 2.95. The molecular weight excluding hydrogens is 308 g/mol. The van der Waals surface area contributed by atoms with Crippen molar-refractivity contribution in [3.05, 3.63) is 16.6 Å². The summed E-state index contributed by atoms with van der Waals surface area (Å²) in [5.74, 6) is 0.849. The number of thioether (sulfide) groups is 1. The standard InChI is InChI=1S/C13H20N4O2S2/c1-10(18)15-13(17-3-5-19-6-4-17)16-12(2,8-21-13)11-7-14-9-20-11/h7,9,16H,3-6,8H2,1-2H3,(H,15,18). The van der Waals surface area contributed by atoms with Gasteiger partial charge in [-0.1, -0.05) is 11.8 Å². The Labute approximate surface area is 132 Å². The van der Waals surface area contributed by atoms with Crippen LogP contribution in [0.1, 0.15) is 18.7 Å². The van der Waals surface area contributed by atoms with Crippen LogP contribution in [0.3, 0.4) is 0 Å². The van der Waals surface area contributed by atoms with Crippen molar-refractivity contribution < 1.29 is 9.53 Å². The number of morpholine rings is 1. The van der Waals surface area contributed by atoms with E-state index in [4.69, 9.17) is 4.74 Å². The fraction of sp³-hybridized carbons (Fsp3) is 0.692. The lowest BCUT2D eigenvalue weighted by Gasteiger charge is -2.43. The Balaban J connectivity index is 1.86. The summed E-state index contributed by atoms with van der Waals surface area (Å²) >= 11 is 3.38. The molecule has 0 saturated carbocycles. The summed E-state index contributed by atoms with van der Waals surface area (Å²) in [6.07, 6.45) is 1.90. The van der Waals surface area contributed by atoms with Crippen molar-refractivity contribution in [2.75, 3.05) is 32.1 Å². The first kappa shape index (κ1) is 15.2. The van der Waals surface area contributed by atoms with Crippen LogP contribution in [0.4, 0.5) is 0 Å². The minimum Gasteiger partial charge on any atom is -0.379 e. The number of nitrogens with one attached hydrogen (secondary N) is 2. The molecule has 21 heavy (non-hydrogen) atoms. The second-order valence-corrected chi connectivity index (χ2v) is 7.59. The number of hydrogen-bond acceptors (Lipinski definition) is 7. The quantitative estimate of drug-likeness (QED) is 0.855. The van der Waals surface area contributed by atoms with Crippen molar-refractivity contribution in [3.8, 4) is 0 Å². The molecule has 1 amide bonds. The molecule has 2 aliphatic rings. The Hall–Kier alpha value is -0.670. The summed E-state index contributed by atoms with van der Waals surface area (Å²) in [6, 6.07) is 0. The third-order valence-corrected chi connectivity index (χ3v) is 6.43. The first-order valence-electron chi connectivity index (χ1n) is 6.98. The maximum Gasteiger partial charge on any atom is 0.219 e. The Morgan fingerprint density at radius 2 is 2.29 bits per heavy atom. The van der Waals surface area contributed by atoms with E-state index < -0.39 is 5.12 Å². The lowest BCUT2D eigenvalue weighted by atomic mass is 10.0. The van der Waals surface area contributed by atoms with Crippen LogP contribution in [0.2, 0.25) is 0 Å². The molecule has 2 aliphatic heterocycles. The summed E-state index contributed by atoms with van der Waals surface area (Å²) in [5, 5.41) is 6.20. The second kappa shape index (κ2) is 5.85. The molecule has 0 spiro atoms. The number of rotatable bonds is 3. The van der Waals surface area contributed by atoms with Crippen LogP contribution in [0.5, 0.6) is 0 Å². The molecule has 2 saturated heterocycles. The van der Waals surface area contributed by atoms with Gasteiger partial charge in [-0.3, -0.25) is 20.0 Å². The van der Waals surface area contributed by atoms with Crippen molar-refractivity contribution >= 4 is 29.0 Å². The smallest absolute Gasteiger partial charge is 0.219 e. The largest absolute Gasteiger partial charge is 0.379 e. The zero-order chi connectivity index (χ0) is 14.9. The van der Waals surface area contributed by atoms with Gasteiger partial charge in [0, 0.05) is 36.8 Å². The summed E-state index contributed by atoms with van der Waals surface area (Å²) in [7, 11) is 0. The molecule has 2 atom stereocenters. The highest BCUT2D eigenvalue weighted by Crippen LogP contribution is 2.42. The van der Waals surface area contributed by atoms with Crippen molar-refractivity contribution in [2.45, 2.75) is 24.5 Å². The molecule has 0 aromatic carbocycles. The van der Waals surface area contributed by atoms with Gasteiger partial charge in [0.15, 0.2) is 5.12 Å². The predicted octanol–water partition coefficient (Wildman–Crippen LogP) is 0.774. The predicted molar refractivity (Wildman–Crippen MR) is 84.0 cm³/mol. The van der Waals surface area contributed by atoms with Gasteiger partial charge in [-0.05, 0) is 6.92 Å². The highest BCUT2D eigenvalue weighted by molar-refractivity contribution is 8.00. The number of amides is 1. The molecule has 0 bridgehead atoms. The van der Waals surface area contributed by atoms with Gasteiger partial charge in [0.2, 0.25) is 5.91 Å². The number of nitrogens with zero attached hydrogens (tertiary/aromatic N) is 2. The number of aromatic nitrogens is 1. The number of carbonyl (C=O) groups is 1. The Bertz CT molecular complexity index is 506. The van der Waals surface area contributed by atoms with Crippen molar-refractivity contribution in [3.63, 3.8) is 0 Å². The Morgan fingerprint density at radius 1 is 1.52 bits per heavy atom. The first-order valence-corrected chi connectivity index (χ1v) is 8.84. The van der Waals surface area contributed by atoms with Gasteiger partial charge in [-0.25, -0.2) is 0 Å². The van der Waals surface area contributed by atoms with Gasteiger partial charge in [0.25, 0.3) is 0 Å². The maximum atomic E-state index is 11.7. The molecule has 0 aliphatic carbocycles. The Kier molecular flexibility index (Phi) is 4.24. The molecule has 6 nitrogen and oxygen atoms in total. The molecule has 0 radical (unpaired) electrons. The van der Waals surface area contributed by atoms with Crippen LogP contribution in [-0.2, 0) is 15.1 Å². The van der Waals surface area contributed by atoms with E-state index in [1.165, 1.54) is 4.88 Å². The van der Waals surface area contributed by atoms with E-state index >= 15 is 0 Å². The molecule has 8 heteroatoms. The third-order valence-electron chi connectivity index (χ3n) is 3.79. The minimum atomic E-state index is -0.561. The zero-order valence-electron chi connectivity index (χ0n) is 12.2. The summed E-state index contributed by atoms with van der Waals surface area (Å²) < 4.78 is 5.43. The van der Waals surface area contributed by atoms with Crippen LogP contribution < -0.4 is 10.6 Å². The summed E-state index contributed by atoms with van der Waals surface area (Å²) in [6.45, 7) is 6.73. The highest BCUT2D eigenvalue weighted by atomic mass is 32.2. The SMILES string of the molecule is CC(=O)NC1(N2CCOCC2)NC(C)(c2cncs2)CS1. The number of thiazole rings is 1. The number of hydrogen-bond donors (Lipinski definition) is 2. The normalized spacial score (nSPS) is 34.0. The molecule has 2 unspecified atom stereocenters. The van der Waals surface area contributed by atoms with Crippen LogP contribution in [-0.4, -0.2) is 53.0 Å². The van der Waals surface area contributed by atoms with Crippen LogP contribution in [0, 0.1) is 0 Å². The van der Waals surface area contributed by atoms with E-state index in [0.29, 0.717) is 13.2 Å². The van der Waals surface area contributed by atoms with Gasteiger partial charge in [-0.2, -0.15) is 0 Å². The van der Waals surface area contributed by atoms with Gasteiger partial charge in [0.05, 0.1) is 24.3 Å². The maximum absolute atomic E-state index is 11.7. The van der Waals surface area contributed by atoms with Gasteiger partial charge in [0.1, 0.15) is 0 Å². The van der Waals surface area contributed by atoms with Crippen molar-refractivity contribution in [1.82, 2.24) is 20.5 Å². The second-order valence-electron chi connectivity index (χ2n) is 5.54. The average molecular weight is 328 g/mol. The molecule has 1 aromatic rings. The summed E-state index contributed by atoms with van der Waals surface area (Å²) in [5.41, 5.74) is 1.66. The van der Waals surface area contributed by atoms with Crippen LogP contribution in [0.15, 0.2) is 11.7 Å². The monoisotopic (exact) mass is 328 g/mol. The molecule has 116 valence electrons. The molecule has 2 fully saturated rings. The van der Waals surface area contributed by atoms with E-state index in [1.54, 1.807) is 30.0 Å². The molecule has 2 N–H and O–H groups in total. The lowest BCUT2D eigenvalue weighted by molar-refractivity contribution is -0.123. The van der Waals surface area contributed by atoms with Gasteiger partial charge >= 0.3 is 0 Å². The molecule has 3 rings (SSSR count). The average Bonchev–Trinajstić information content (AvgIpc) is 3.09. The Morgan fingerprint density at radius 3 is 2.90 bits per heavy atom. The van der Waals surface area contributed by atoms with E-state index in [1.807, 2.05) is 11.7 Å². The summed E-state index contributed by atoms with van der Waals surface area (Å²) in [4.78, 5) is 19.3. The molecule has 1 aromatic heterocycles. The first-order chi connectivity index (χ1) is 10.0. The fourth-order valence-electron chi connectivity index (χ4n) is 2.75. The van der Waals surface area contributed by atoms with E-state index in [2.05, 4.69) is 27.4 Å².